The summed E-state index contributed by atoms with van der Waals surface area (Å²) in [5.74, 6) is -0.793. The van der Waals surface area contributed by atoms with Gasteiger partial charge in [-0.25, -0.2) is 4.79 Å². The first-order chi connectivity index (χ1) is 9.43. The fourth-order valence-corrected chi connectivity index (χ4v) is 2.99. The molecule has 1 atom stereocenters. The molecule has 1 aliphatic carbocycles. The van der Waals surface area contributed by atoms with E-state index in [2.05, 4.69) is 10.6 Å². The molecule has 1 heterocycles. The maximum atomic E-state index is 11.8. The summed E-state index contributed by atoms with van der Waals surface area (Å²) < 4.78 is 5.60. The van der Waals surface area contributed by atoms with Crippen molar-refractivity contribution in [3.63, 3.8) is 0 Å². The van der Waals surface area contributed by atoms with Crippen molar-refractivity contribution in [3.8, 4) is 0 Å². The van der Waals surface area contributed by atoms with Crippen molar-refractivity contribution in [3.05, 3.63) is 0 Å². The second-order valence-electron chi connectivity index (χ2n) is 6.36. The van der Waals surface area contributed by atoms with Crippen LogP contribution in [0.5, 0.6) is 0 Å². The van der Waals surface area contributed by atoms with Gasteiger partial charge >= 0.3 is 12.0 Å². The average Bonchev–Trinajstić information content (AvgIpc) is 2.77. The van der Waals surface area contributed by atoms with Crippen LogP contribution < -0.4 is 10.6 Å². The number of carboxylic acid groups (broad SMARTS) is 1. The van der Waals surface area contributed by atoms with Crippen molar-refractivity contribution in [2.45, 2.75) is 51.0 Å². The highest BCUT2D eigenvalue weighted by Gasteiger charge is 2.39. The molecule has 0 bridgehead atoms. The maximum Gasteiger partial charge on any atom is 0.314 e. The average molecular weight is 284 g/mol. The number of carboxylic acids is 1. The molecule has 1 aliphatic heterocycles. The van der Waals surface area contributed by atoms with Gasteiger partial charge in [0, 0.05) is 19.7 Å². The Labute approximate surface area is 119 Å². The molecule has 0 aromatic heterocycles. The number of urea groups is 1. The molecule has 6 heteroatoms. The highest BCUT2D eigenvalue weighted by Crippen LogP contribution is 2.43. The Morgan fingerprint density at radius 2 is 1.85 bits per heavy atom. The van der Waals surface area contributed by atoms with Crippen molar-refractivity contribution in [2.24, 2.45) is 5.41 Å². The van der Waals surface area contributed by atoms with E-state index >= 15 is 0 Å². The highest BCUT2D eigenvalue weighted by atomic mass is 16.5. The van der Waals surface area contributed by atoms with Crippen LogP contribution in [-0.4, -0.2) is 42.4 Å². The summed E-state index contributed by atoms with van der Waals surface area (Å²) in [6.45, 7) is 3.67. The third-order valence-corrected chi connectivity index (χ3v) is 4.49. The minimum Gasteiger partial charge on any atom is -0.481 e. The van der Waals surface area contributed by atoms with Crippen LogP contribution in [0.2, 0.25) is 0 Å². The summed E-state index contributed by atoms with van der Waals surface area (Å²) in [5, 5.41) is 14.5. The molecule has 1 unspecified atom stereocenters. The lowest BCUT2D eigenvalue weighted by atomic mass is 9.66. The molecule has 2 aliphatic rings. The highest BCUT2D eigenvalue weighted by molar-refractivity contribution is 5.74. The molecule has 1 saturated carbocycles. The van der Waals surface area contributed by atoms with Crippen LogP contribution in [0, 0.1) is 5.41 Å². The summed E-state index contributed by atoms with van der Waals surface area (Å²) in [6.07, 6.45) is 4.91. The van der Waals surface area contributed by atoms with E-state index in [9.17, 15) is 9.59 Å². The van der Waals surface area contributed by atoms with Crippen LogP contribution in [0.15, 0.2) is 0 Å². The van der Waals surface area contributed by atoms with E-state index in [1.807, 2.05) is 6.92 Å². The van der Waals surface area contributed by atoms with Crippen molar-refractivity contribution in [1.82, 2.24) is 10.6 Å². The van der Waals surface area contributed by atoms with E-state index < -0.39 is 5.97 Å². The molecular formula is C14H24N2O4. The van der Waals surface area contributed by atoms with E-state index in [4.69, 9.17) is 9.84 Å². The molecule has 20 heavy (non-hydrogen) atoms. The first-order valence-electron chi connectivity index (χ1n) is 7.31. The lowest BCUT2D eigenvalue weighted by Crippen LogP contribution is -2.49. The number of amides is 2. The van der Waals surface area contributed by atoms with E-state index in [1.54, 1.807) is 0 Å². The summed E-state index contributed by atoms with van der Waals surface area (Å²) in [7, 11) is 0. The first-order valence-corrected chi connectivity index (χ1v) is 7.31. The minimum atomic E-state index is -0.793. The summed E-state index contributed by atoms with van der Waals surface area (Å²) in [6, 6.07) is -0.238. The Balaban J connectivity index is 1.70. The largest absolute Gasteiger partial charge is 0.481 e. The molecule has 0 radical (unpaired) electrons. The SMILES string of the molecule is CC1(CNC(=O)NCC2(CC(=O)O)CCC2)CCCO1. The van der Waals surface area contributed by atoms with Gasteiger partial charge in [-0.3, -0.25) is 4.79 Å². The Bertz CT molecular complexity index is 373. The molecule has 0 aromatic rings. The predicted molar refractivity (Wildman–Crippen MR) is 73.5 cm³/mol. The first kappa shape index (κ1) is 15.1. The van der Waals surface area contributed by atoms with E-state index in [1.165, 1.54) is 0 Å². The molecule has 6 nitrogen and oxygen atoms in total. The topological polar surface area (TPSA) is 87.7 Å². The van der Waals surface area contributed by atoms with E-state index in [0.29, 0.717) is 13.1 Å². The number of ether oxygens (including phenoxy) is 1. The second-order valence-corrected chi connectivity index (χ2v) is 6.36. The number of carbonyl (C=O) groups excluding carboxylic acids is 1. The van der Waals surface area contributed by atoms with Crippen LogP contribution in [0.25, 0.3) is 0 Å². The number of hydrogen-bond donors (Lipinski definition) is 3. The monoisotopic (exact) mass is 284 g/mol. The van der Waals surface area contributed by atoms with Gasteiger partial charge in [-0.2, -0.15) is 0 Å². The van der Waals surface area contributed by atoms with Crippen molar-refractivity contribution in [1.29, 1.82) is 0 Å². The van der Waals surface area contributed by atoms with Gasteiger partial charge in [0.2, 0.25) is 0 Å². The quantitative estimate of drug-likeness (QED) is 0.689. The molecule has 2 fully saturated rings. The number of hydrogen-bond acceptors (Lipinski definition) is 3. The second kappa shape index (κ2) is 5.99. The predicted octanol–water partition coefficient (Wildman–Crippen LogP) is 1.50. The van der Waals surface area contributed by atoms with Gasteiger partial charge in [-0.1, -0.05) is 6.42 Å². The minimum absolute atomic E-state index is 0.133. The van der Waals surface area contributed by atoms with Crippen LogP contribution in [0.1, 0.15) is 45.4 Å². The third-order valence-electron chi connectivity index (χ3n) is 4.49. The summed E-state index contributed by atoms with van der Waals surface area (Å²) in [5.41, 5.74) is -0.497. The van der Waals surface area contributed by atoms with Crippen LogP contribution in [0.3, 0.4) is 0 Å². The standard InChI is InChI=1S/C14H24N2O4/c1-13(4-3-7-20-13)9-15-12(19)16-10-14(5-2-6-14)8-11(17)18/h2-10H2,1H3,(H,17,18)(H2,15,16,19). The Hall–Kier alpha value is -1.30. The molecule has 2 rings (SSSR count). The molecule has 1 saturated heterocycles. The molecular weight excluding hydrogens is 260 g/mol. The van der Waals surface area contributed by atoms with Crippen molar-refractivity contribution < 1.29 is 19.4 Å². The van der Waals surface area contributed by atoms with Crippen LogP contribution in [0.4, 0.5) is 4.79 Å². The molecule has 2 amide bonds. The van der Waals surface area contributed by atoms with Gasteiger partial charge in [0.05, 0.1) is 12.0 Å². The zero-order chi connectivity index (χ0) is 14.6. The summed E-state index contributed by atoms with van der Waals surface area (Å²) >= 11 is 0. The van der Waals surface area contributed by atoms with E-state index in [0.717, 1.165) is 38.7 Å². The maximum absolute atomic E-state index is 11.8. The van der Waals surface area contributed by atoms with Crippen molar-refractivity contribution in [2.75, 3.05) is 19.7 Å². The van der Waals surface area contributed by atoms with Gasteiger partial charge in [0.15, 0.2) is 0 Å². The smallest absolute Gasteiger partial charge is 0.314 e. The molecule has 114 valence electrons. The van der Waals surface area contributed by atoms with Gasteiger partial charge in [0.25, 0.3) is 0 Å². The zero-order valence-electron chi connectivity index (χ0n) is 12.0. The molecule has 0 aromatic carbocycles. The Kier molecular flexibility index (Phi) is 4.52. The lowest BCUT2D eigenvalue weighted by Gasteiger charge is -2.40. The number of aliphatic carboxylic acids is 1. The van der Waals surface area contributed by atoms with Gasteiger partial charge in [0.1, 0.15) is 0 Å². The molecule has 0 spiro atoms. The van der Waals surface area contributed by atoms with Gasteiger partial charge in [-0.15, -0.1) is 0 Å². The Morgan fingerprint density at radius 1 is 1.15 bits per heavy atom. The molecule has 3 N–H and O–H groups in total. The van der Waals surface area contributed by atoms with Gasteiger partial charge < -0.3 is 20.5 Å². The lowest BCUT2D eigenvalue weighted by molar-refractivity contribution is -0.141. The fraction of sp³-hybridized carbons (Fsp3) is 0.857. The zero-order valence-corrected chi connectivity index (χ0v) is 12.0. The summed E-state index contributed by atoms with van der Waals surface area (Å²) in [4.78, 5) is 22.6. The third kappa shape index (κ3) is 3.85. The number of carbonyl (C=O) groups is 2. The number of rotatable bonds is 6. The number of nitrogens with one attached hydrogen (secondary N) is 2. The Morgan fingerprint density at radius 3 is 2.35 bits per heavy atom. The normalized spacial score (nSPS) is 27.6. The van der Waals surface area contributed by atoms with Gasteiger partial charge in [-0.05, 0) is 38.0 Å². The van der Waals surface area contributed by atoms with Crippen molar-refractivity contribution >= 4 is 12.0 Å². The van der Waals surface area contributed by atoms with Crippen LogP contribution >= 0.6 is 0 Å². The van der Waals surface area contributed by atoms with Crippen LogP contribution in [-0.2, 0) is 9.53 Å². The van der Waals surface area contributed by atoms with E-state index in [-0.39, 0.29) is 23.5 Å². The fourth-order valence-electron chi connectivity index (χ4n) is 2.99.